The van der Waals surface area contributed by atoms with E-state index in [1.807, 2.05) is 24.3 Å². The zero-order valence-electron chi connectivity index (χ0n) is 12.8. The summed E-state index contributed by atoms with van der Waals surface area (Å²) in [6.07, 6.45) is 0.516. The van der Waals surface area contributed by atoms with Gasteiger partial charge in [-0.25, -0.2) is 0 Å². The Kier molecular flexibility index (Phi) is 4.12. The molecule has 2 aromatic rings. The van der Waals surface area contributed by atoms with Crippen molar-refractivity contribution in [2.24, 2.45) is 5.73 Å². The SMILES string of the molecule is Cc1cc(NC(=O)CN2Cc3ccccc3C[C@@H]2C(N)=O)no1. The largest absolute Gasteiger partial charge is 0.368 e. The molecule has 120 valence electrons. The van der Waals surface area contributed by atoms with E-state index < -0.39 is 11.9 Å². The molecule has 1 atom stereocenters. The Hall–Kier alpha value is -2.67. The molecule has 2 heterocycles. The Morgan fingerprint density at radius 2 is 2.13 bits per heavy atom. The van der Waals surface area contributed by atoms with Crippen LogP contribution in [0.5, 0.6) is 0 Å². The van der Waals surface area contributed by atoms with E-state index >= 15 is 0 Å². The van der Waals surface area contributed by atoms with Gasteiger partial charge >= 0.3 is 0 Å². The Labute approximate surface area is 133 Å². The van der Waals surface area contributed by atoms with Gasteiger partial charge in [0.05, 0.1) is 12.6 Å². The molecule has 1 aromatic carbocycles. The van der Waals surface area contributed by atoms with Crippen molar-refractivity contribution < 1.29 is 14.1 Å². The van der Waals surface area contributed by atoms with Crippen molar-refractivity contribution in [2.45, 2.75) is 25.9 Å². The van der Waals surface area contributed by atoms with Gasteiger partial charge < -0.3 is 15.6 Å². The number of nitrogens with two attached hydrogens (primary N) is 1. The van der Waals surface area contributed by atoms with Gasteiger partial charge in [-0.2, -0.15) is 0 Å². The highest BCUT2D eigenvalue weighted by Crippen LogP contribution is 2.23. The number of aryl methyl sites for hydroxylation is 1. The summed E-state index contributed by atoms with van der Waals surface area (Å²) >= 11 is 0. The van der Waals surface area contributed by atoms with Crippen molar-refractivity contribution in [2.75, 3.05) is 11.9 Å². The first kappa shape index (κ1) is 15.2. The molecule has 3 N–H and O–H groups in total. The maximum absolute atomic E-state index is 12.2. The first-order valence-electron chi connectivity index (χ1n) is 7.36. The number of hydrogen-bond acceptors (Lipinski definition) is 5. The average molecular weight is 314 g/mol. The second-order valence-electron chi connectivity index (χ2n) is 5.67. The second kappa shape index (κ2) is 6.21. The number of fused-ring (bicyclic) bond motifs is 1. The highest BCUT2D eigenvalue weighted by molar-refractivity contribution is 5.92. The van der Waals surface area contributed by atoms with Gasteiger partial charge in [0, 0.05) is 12.6 Å². The lowest BCUT2D eigenvalue weighted by Crippen LogP contribution is -2.50. The maximum atomic E-state index is 12.2. The molecule has 0 spiro atoms. The van der Waals surface area contributed by atoms with Gasteiger partial charge in [0.25, 0.3) is 0 Å². The van der Waals surface area contributed by atoms with E-state index in [-0.39, 0.29) is 12.5 Å². The maximum Gasteiger partial charge on any atom is 0.239 e. The first-order chi connectivity index (χ1) is 11.0. The lowest BCUT2D eigenvalue weighted by Gasteiger charge is -2.34. The van der Waals surface area contributed by atoms with E-state index in [1.165, 1.54) is 0 Å². The van der Waals surface area contributed by atoms with Crippen molar-refractivity contribution in [1.82, 2.24) is 10.1 Å². The number of hydrogen-bond donors (Lipinski definition) is 2. The standard InChI is InChI=1S/C16H18N4O3/c1-10-6-14(19-23-10)18-15(21)9-20-8-12-5-3-2-4-11(12)7-13(20)16(17)22/h2-6,13H,7-9H2,1H3,(H2,17,22)(H,18,19,21)/t13-/m1/s1. The van der Waals surface area contributed by atoms with Crippen molar-refractivity contribution >= 4 is 17.6 Å². The Morgan fingerprint density at radius 1 is 1.39 bits per heavy atom. The molecule has 1 aliphatic heterocycles. The summed E-state index contributed by atoms with van der Waals surface area (Å²) in [6, 6.07) is 9.01. The fourth-order valence-corrected chi connectivity index (χ4v) is 2.82. The quantitative estimate of drug-likeness (QED) is 0.870. The minimum absolute atomic E-state index is 0.0633. The molecule has 0 radical (unpaired) electrons. The number of nitrogens with one attached hydrogen (secondary N) is 1. The molecule has 23 heavy (non-hydrogen) atoms. The molecule has 0 aliphatic carbocycles. The zero-order valence-corrected chi connectivity index (χ0v) is 12.8. The molecule has 7 heteroatoms. The third kappa shape index (κ3) is 3.40. The third-order valence-electron chi connectivity index (χ3n) is 3.92. The van der Waals surface area contributed by atoms with Crippen LogP contribution in [-0.4, -0.2) is 34.5 Å². The molecule has 2 amide bonds. The normalized spacial score (nSPS) is 17.5. The highest BCUT2D eigenvalue weighted by atomic mass is 16.5. The summed E-state index contributed by atoms with van der Waals surface area (Å²) in [5.74, 6) is 0.288. The number of carbonyl (C=O) groups is 2. The number of anilines is 1. The van der Waals surface area contributed by atoms with Crippen molar-refractivity contribution in [3.05, 3.63) is 47.2 Å². The summed E-state index contributed by atoms with van der Waals surface area (Å²) in [6.45, 7) is 2.32. The molecule has 1 aliphatic rings. The minimum Gasteiger partial charge on any atom is -0.368 e. The van der Waals surface area contributed by atoms with Crippen LogP contribution in [0, 0.1) is 6.92 Å². The summed E-state index contributed by atoms with van der Waals surface area (Å²) in [5.41, 5.74) is 7.71. The van der Waals surface area contributed by atoms with Gasteiger partial charge in [-0.05, 0) is 24.5 Å². The van der Waals surface area contributed by atoms with E-state index in [2.05, 4.69) is 10.5 Å². The fourth-order valence-electron chi connectivity index (χ4n) is 2.82. The smallest absolute Gasteiger partial charge is 0.239 e. The van der Waals surface area contributed by atoms with Gasteiger partial charge in [0.15, 0.2) is 5.82 Å². The van der Waals surface area contributed by atoms with Crippen LogP contribution in [0.4, 0.5) is 5.82 Å². The molecule has 1 aromatic heterocycles. The fraction of sp³-hybridized carbons (Fsp3) is 0.312. The molecule has 0 saturated carbocycles. The van der Waals surface area contributed by atoms with Crippen LogP contribution >= 0.6 is 0 Å². The summed E-state index contributed by atoms with van der Waals surface area (Å²) < 4.78 is 4.91. The topological polar surface area (TPSA) is 101 Å². The van der Waals surface area contributed by atoms with E-state index in [0.29, 0.717) is 24.5 Å². The number of nitrogens with zero attached hydrogens (tertiary/aromatic N) is 2. The van der Waals surface area contributed by atoms with Crippen molar-refractivity contribution in [3.8, 4) is 0 Å². The number of primary amides is 1. The number of aromatic nitrogens is 1. The predicted octanol–water partition coefficient (Wildman–Crippen LogP) is 0.834. The lowest BCUT2D eigenvalue weighted by atomic mass is 9.93. The van der Waals surface area contributed by atoms with E-state index in [4.69, 9.17) is 10.3 Å². The number of rotatable bonds is 4. The molecule has 0 fully saturated rings. The van der Waals surface area contributed by atoms with Crippen LogP contribution in [0.2, 0.25) is 0 Å². The van der Waals surface area contributed by atoms with Gasteiger partial charge in [-0.1, -0.05) is 29.4 Å². The Bertz CT molecular complexity index is 740. The molecular formula is C16H18N4O3. The molecule has 0 bridgehead atoms. The lowest BCUT2D eigenvalue weighted by molar-refractivity contribution is -0.125. The predicted molar refractivity (Wildman–Crippen MR) is 83.4 cm³/mol. The summed E-state index contributed by atoms with van der Waals surface area (Å²) in [7, 11) is 0. The van der Waals surface area contributed by atoms with Gasteiger partial charge in [0.1, 0.15) is 5.76 Å². The molecule has 3 rings (SSSR count). The number of amides is 2. The van der Waals surface area contributed by atoms with Crippen molar-refractivity contribution in [3.63, 3.8) is 0 Å². The van der Waals surface area contributed by atoms with Gasteiger partial charge in [-0.3, -0.25) is 14.5 Å². The van der Waals surface area contributed by atoms with Crippen LogP contribution in [-0.2, 0) is 22.6 Å². The molecular weight excluding hydrogens is 296 g/mol. The monoisotopic (exact) mass is 314 g/mol. The third-order valence-corrected chi connectivity index (χ3v) is 3.92. The molecule has 0 saturated heterocycles. The van der Waals surface area contributed by atoms with Crippen LogP contribution in [0.15, 0.2) is 34.9 Å². The molecule has 0 unspecified atom stereocenters. The van der Waals surface area contributed by atoms with Crippen LogP contribution in [0.3, 0.4) is 0 Å². The van der Waals surface area contributed by atoms with Gasteiger partial charge in [-0.15, -0.1) is 0 Å². The Balaban J connectivity index is 1.72. The highest BCUT2D eigenvalue weighted by Gasteiger charge is 2.31. The average Bonchev–Trinajstić information content (AvgIpc) is 2.91. The van der Waals surface area contributed by atoms with Gasteiger partial charge in [0.2, 0.25) is 11.8 Å². The zero-order chi connectivity index (χ0) is 16.4. The second-order valence-corrected chi connectivity index (χ2v) is 5.67. The number of benzene rings is 1. The first-order valence-corrected chi connectivity index (χ1v) is 7.36. The van der Waals surface area contributed by atoms with Crippen LogP contribution < -0.4 is 11.1 Å². The van der Waals surface area contributed by atoms with E-state index in [9.17, 15) is 9.59 Å². The summed E-state index contributed by atoms with van der Waals surface area (Å²) in [5, 5.41) is 6.38. The summed E-state index contributed by atoms with van der Waals surface area (Å²) in [4.78, 5) is 25.7. The van der Waals surface area contributed by atoms with Crippen molar-refractivity contribution in [1.29, 1.82) is 0 Å². The minimum atomic E-state index is -0.491. The number of carbonyl (C=O) groups excluding carboxylic acids is 2. The molecule has 7 nitrogen and oxygen atoms in total. The van der Waals surface area contributed by atoms with Crippen LogP contribution in [0.1, 0.15) is 16.9 Å². The Morgan fingerprint density at radius 3 is 2.78 bits per heavy atom. The van der Waals surface area contributed by atoms with Crippen LogP contribution in [0.25, 0.3) is 0 Å². The van der Waals surface area contributed by atoms with E-state index in [1.54, 1.807) is 17.9 Å². The van der Waals surface area contributed by atoms with E-state index in [0.717, 1.165) is 11.1 Å².